The summed E-state index contributed by atoms with van der Waals surface area (Å²) in [5, 5.41) is 9.74. The van der Waals surface area contributed by atoms with Crippen molar-refractivity contribution >= 4 is 0 Å². The van der Waals surface area contributed by atoms with Crippen molar-refractivity contribution in [1.29, 1.82) is 0 Å². The van der Waals surface area contributed by atoms with Crippen LogP contribution in [-0.2, 0) is 9.47 Å². The first-order chi connectivity index (χ1) is 8.35. The Morgan fingerprint density at radius 2 is 2.00 bits per heavy atom. The van der Waals surface area contributed by atoms with Crippen molar-refractivity contribution in [1.82, 2.24) is 0 Å². The number of rotatable bonds is 2. The second kappa shape index (κ2) is 4.87. The second-order valence-corrected chi connectivity index (χ2v) is 6.06. The van der Waals surface area contributed by atoms with Crippen LogP contribution in [0, 0.1) is 29.6 Å². The molecule has 3 fully saturated rings. The number of ether oxygens (including phenoxy) is 2. The van der Waals surface area contributed by atoms with Gasteiger partial charge in [0.15, 0.2) is 6.29 Å². The van der Waals surface area contributed by atoms with Crippen LogP contribution in [0.25, 0.3) is 0 Å². The lowest BCUT2D eigenvalue weighted by Gasteiger charge is -2.46. The van der Waals surface area contributed by atoms with Gasteiger partial charge in [-0.15, -0.1) is 0 Å². The fourth-order valence-corrected chi connectivity index (χ4v) is 4.66. The van der Waals surface area contributed by atoms with Crippen molar-refractivity contribution in [2.45, 2.75) is 38.4 Å². The summed E-state index contributed by atoms with van der Waals surface area (Å²) in [6, 6.07) is 0. The Hall–Kier alpha value is -0.120. The van der Waals surface area contributed by atoms with Crippen LogP contribution in [0.1, 0.15) is 32.1 Å². The normalized spacial score (nSPS) is 49.8. The molecule has 3 nitrogen and oxygen atoms in total. The molecule has 3 aliphatic rings. The van der Waals surface area contributed by atoms with E-state index in [0.717, 1.165) is 18.4 Å². The van der Waals surface area contributed by atoms with Crippen LogP contribution in [-0.4, -0.2) is 31.7 Å². The number of fused-ring (bicyclic) bond motifs is 2. The maximum absolute atomic E-state index is 9.74. The number of hydrogen-bond acceptors (Lipinski definition) is 3. The quantitative estimate of drug-likeness (QED) is 0.802. The van der Waals surface area contributed by atoms with Crippen LogP contribution >= 0.6 is 0 Å². The number of aliphatic hydroxyl groups is 1. The molecule has 0 aromatic heterocycles. The predicted octanol–water partition coefficient (Wildman–Crippen LogP) is 2.04. The van der Waals surface area contributed by atoms with E-state index in [1.807, 2.05) is 0 Å². The van der Waals surface area contributed by atoms with Crippen molar-refractivity contribution in [2.75, 3.05) is 20.3 Å². The third-order valence-electron chi connectivity index (χ3n) is 5.44. The predicted molar refractivity (Wildman–Crippen MR) is 64.4 cm³/mol. The average Bonchev–Trinajstić information content (AvgIpc) is 2.78. The van der Waals surface area contributed by atoms with Crippen molar-refractivity contribution < 1.29 is 14.6 Å². The summed E-state index contributed by atoms with van der Waals surface area (Å²) in [7, 11) is 1.74. The van der Waals surface area contributed by atoms with Crippen molar-refractivity contribution in [3.8, 4) is 0 Å². The van der Waals surface area contributed by atoms with Crippen LogP contribution in [0.15, 0.2) is 0 Å². The molecule has 1 heterocycles. The standard InChI is InChI=1S/C14H24O3/c1-16-14-11-6-9-4-2-3-5-10(9)12(7-15)13(11)8-17-14/h9-15H,2-8H2,1H3/t9-,10+,11+,12+,13+,14+/m0/s1. The molecule has 1 N–H and O–H groups in total. The van der Waals surface area contributed by atoms with Gasteiger partial charge in [0, 0.05) is 19.6 Å². The zero-order valence-electron chi connectivity index (χ0n) is 10.7. The smallest absolute Gasteiger partial charge is 0.160 e. The minimum absolute atomic E-state index is 0.0167. The van der Waals surface area contributed by atoms with E-state index < -0.39 is 0 Å². The van der Waals surface area contributed by atoms with Gasteiger partial charge in [0.25, 0.3) is 0 Å². The molecule has 0 spiro atoms. The van der Waals surface area contributed by atoms with Gasteiger partial charge in [0.2, 0.25) is 0 Å². The molecule has 0 amide bonds. The lowest BCUT2D eigenvalue weighted by atomic mass is 9.58. The highest BCUT2D eigenvalue weighted by atomic mass is 16.7. The molecule has 17 heavy (non-hydrogen) atoms. The minimum Gasteiger partial charge on any atom is -0.396 e. The number of hydrogen-bond donors (Lipinski definition) is 1. The molecular formula is C14H24O3. The lowest BCUT2D eigenvalue weighted by Crippen LogP contribution is -2.44. The molecule has 0 unspecified atom stereocenters. The zero-order chi connectivity index (χ0) is 11.8. The molecule has 1 aliphatic heterocycles. The summed E-state index contributed by atoms with van der Waals surface area (Å²) in [5.74, 6) is 3.07. The molecular weight excluding hydrogens is 216 g/mol. The van der Waals surface area contributed by atoms with E-state index in [2.05, 4.69) is 0 Å². The molecule has 0 bridgehead atoms. The molecule has 0 aromatic carbocycles. The summed E-state index contributed by atoms with van der Waals surface area (Å²) in [6.07, 6.45) is 6.62. The van der Waals surface area contributed by atoms with Gasteiger partial charge in [-0.3, -0.25) is 0 Å². The Morgan fingerprint density at radius 1 is 1.18 bits per heavy atom. The topological polar surface area (TPSA) is 38.7 Å². The third kappa shape index (κ3) is 1.92. The molecule has 98 valence electrons. The van der Waals surface area contributed by atoms with Crippen LogP contribution < -0.4 is 0 Å². The highest BCUT2D eigenvalue weighted by molar-refractivity contribution is 4.96. The van der Waals surface area contributed by atoms with E-state index >= 15 is 0 Å². The van der Waals surface area contributed by atoms with E-state index in [1.54, 1.807) is 7.11 Å². The fraction of sp³-hybridized carbons (Fsp3) is 1.00. The first-order valence-electron chi connectivity index (χ1n) is 7.10. The maximum atomic E-state index is 9.74. The van der Waals surface area contributed by atoms with Gasteiger partial charge in [0.1, 0.15) is 0 Å². The van der Waals surface area contributed by atoms with E-state index in [4.69, 9.17) is 9.47 Å². The molecule has 3 rings (SSSR count). The summed E-state index contributed by atoms with van der Waals surface area (Å²) in [4.78, 5) is 0. The summed E-state index contributed by atoms with van der Waals surface area (Å²) >= 11 is 0. The molecule has 1 saturated heterocycles. The van der Waals surface area contributed by atoms with Crippen molar-refractivity contribution in [3.05, 3.63) is 0 Å². The molecule has 2 saturated carbocycles. The van der Waals surface area contributed by atoms with Gasteiger partial charge >= 0.3 is 0 Å². The van der Waals surface area contributed by atoms with Gasteiger partial charge in [-0.05, 0) is 36.5 Å². The molecule has 3 heteroatoms. The first-order valence-corrected chi connectivity index (χ1v) is 7.10. The largest absolute Gasteiger partial charge is 0.396 e. The Kier molecular flexibility index (Phi) is 3.42. The summed E-state index contributed by atoms with van der Waals surface area (Å²) in [5.41, 5.74) is 0. The van der Waals surface area contributed by atoms with Gasteiger partial charge in [-0.2, -0.15) is 0 Å². The van der Waals surface area contributed by atoms with E-state index in [1.165, 1.54) is 32.1 Å². The van der Waals surface area contributed by atoms with Gasteiger partial charge in [-0.25, -0.2) is 0 Å². The van der Waals surface area contributed by atoms with Crippen molar-refractivity contribution in [3.63, 3.8) is 0 Å². The van der Waals surface area contributed by atoms with E-state index in [0.29, 0.717) is 24.4 Å². The van der Waals surface area contributed by atoms with Gasteiger partial charge in [0.05, 0.1) is 6.61 Å². The maximum Gasteiger partial charge on any atom is 0.160 e. The Labute approximate surface area is 103 Å². The van der Waals surface area contributed by atoms with Crippen molar-refractivity contribution in [2.24, 2.45) is 29.6 Å². The highest BCUT2D eigenvalue weighted by Crippen LogP contribution is 2.52. The Morgan fingerprint density at radius 3 is 2.76 bits per heavy atom. The van der Waals surface area contributed by atoms with Crippen LogP contribution in [0.2, 0.25) is 0 Å². The van der Waals surface area contributed by atoms with E-state index in [-0.39, 0.29) is 6.29 Å². The monoisotopic (exact) mass is 240 g/mol. The van der Waals surface area contributed by atoms with Crippen LogP contribution in [0.5, 0.6) is 0 Å². The molecule has 0 radical (unpaired) electrons. The molecule has 6 atom stereocenters. The second-order valence-electron chi connectivity index (χ2n) is 6.06. The fourth-order valence-electron chi connectivity index (χ4n) is 4.66. The minimum atomic E-state index is -0.0167. The average molecular weight is 240 g/mol. The zero-order valence-corrected chi connectivity index (χ0v) is 10.7. The third-order valence-corrected chi connectivity index (χ3v) is 5.44. The summed E-state index contributed by atoms with van der Waals surface area (Å²) in [6.45, 7) is 1.12. The molecule has 0 aromatic rings. The lowest BCUT2D eigenvalue weighted by molar-refractivity contribution is -0.120. The Bertz CT molecular complexity index is 268. The SMILES string of the molecule is CO[C@@H]1OC[C@H]2[C@H](CO)[C@@H]3CCCC[C@H]3C[C@@H]12. The van der Waals surface area contributed by atoms with Gasteiger partial charge in [-0.1, -0.05) is 19.3 Å². The molecule has 2 aliphatic carbocycles. The van der Waals surface area contributed by atoms with E-state index in [9.17, 15) is 5.11 Å². The number of aliphatic hydroxyl groups excluding tert-OH is 1. The Balaban J connectivity index is 1.80. The van der Waals surface area contributed by atoms with Gasteiger partial charge < -0.3 is 14.6 Å². The first kappa shape index (κ1) is 11.9. The van der Waals surface area contributed by atoms with Crippen LogP contribution in [0.4, 0.5) is 0 Å². The summed E-state index contributed by atoms with van der Waals surface area (Å²) < 4.78 is 11.2. The highest BCUT2D eigenvalue weighted by Gasteiger charge is 2.50. The van der Waals surface area contributed by atoms with Crippen LogP contribution in [0.3, 0.4) is 0 Å². The number of methoxy groups -OCH3 is 1.